The molecule has 25 heavy (non-hydrogen) atoms. The summed E-state index contributed by atoms with van der Waals surface area (Å²) in [5, 5.41) is 8.24. The van der Waals surface area contributed by atoms with Gasteiger partial charge in [-0.15, -0.1) is 0 Å². The van der Waals surface area contributed by atoms with Crippen LogP contribution in [0.15, 0.2) is 12.1 Å². The highest BCUT2D eigenvalue weighted by Gasteiger charge is 2.23. The summed E-state index contributed by atoms with van der Waals surface area (Å²) in [4.78, 5) is 4.89. The molecule has 2 heterocycles. The SMILES string of the molecule is COc1cc2nc3c(c(N[C@@H]4CNCCOC4)c2cc1OC)CCC3. The predicted octanol–water partition coefficient (Wildman–Crippen LogP) is 2.14. The lowest BCUT2D eigenvalue weighted by atomic mass is 10.0. The van der Waals surface area contributed by atoms with Crippen LogP contribution in [0.4, 0.5) is 5.69 Å². The van der Waals surface area contributed by atoms with E-state index < -0.39 is 0 Å². The molecule has 4 rings (SSSR count). The number of anilines is 1. The summed E-state index contributed by atoms with van der Waals surface area (Å²) in [6.45, 7) is 3.27. The van der Waals surface area contributed by atoms with Crippen molar-refractivity contribution >= 4 is 16.6 Å². The van der Waals surface area contributed by atoms with Gasteiger partial charge in [0.15, 0.2) is 11.5 Å². The minimum Gasteiger partial charge on any atom is -0.493 e. The van der Waals surface area contributed by atoms with Crippen molar-refractivity contribution in [1.29, 1.82) is 0 Å². The fourth-order valence-electron chi connectivity index (χ4n) is 3.76. The summed E-state index contributed by atoms with van der Waals surface area (Å²) < 4.78 is 16.7. The van der Waals surface area contributed by atoms with Crippen LogP contribution in [-0.4, -0.2) is 51.5 Å². The Hall–Kier alpha value is -2.05. The maximum Gasteiger partial charge on any atom is 0.162 e. The van der Waals surface area contributed by atoms with E-state index >= 15 is 0 Å². The van der Waals surface area contributed by atoms with Gasteiger partial charge in [-0.1, -0.05) is 0 Å². The van der Waals surface area contributed by atoms with Gasteiger partial charge in [-0.2, -0.15) is 0 Å². The van der Waals surface area contributed by atoms with Gasteiger partial charge in [0.1, 0.15) is 0 Å². The van der Waals surface area contributed by atoms with Crippen molar-refractivity contribution in [2.24, 2.45) is 0 Å². The molecule has 1 aliphatic carbocycles. The fraction of sp³-hybridized carbons (Fsp3) is 0.526. The smallest absolute Gasteiger partial charge is 0.162 e. The molecule has 0 spiro atoms. The summed E-state index contributed by atoms with van der Waals surface area (Å²) in [7, 11) is 3.32. The molecular weight excluding hydrogens is 318 g/mol. The lowest BCUT2D eigenvalue weighted by molar-refractivity contribution is 0.145. The van der Waals surface area contributed by atoms with E-state index in [4.69, 9.17) is 19.2 Å². The van der Waals surface area contributed by atoms with E-state index in [0.29, 0.717) is 12.4 Å². The molecule has 1 fully saturated rings. The van der Waals surface area contributed by atoms with E-state index in [9.17, 15) is 0 Å². The standard InChI is InChI=1S/C19H25N3O3/c1-23-17-8-14-16(9-18(17)24-2)22-15-5-3-4-13(15)19(14)21-12-10-20-6-7-25-11-12/h8-9,12,20H,3-7,10-11H2,1-2H3,(H,21,22)/t12-/m1/s1. The zero-order valence-corrected chi connectivity index (χ0v) is 14.9. The predicted molar refractivity (Wildman–Crippen MR) is 98.0 cm³/mol. The first kappa shape index (κ1) is 16.4. The summed E-state index contributed by atoms with van der Waals surface area (Å²) in [6, 6.07) is 4.25. The van der Waals surface area contributed by atoms with Crippen molar-refractivity contribution in [3.8, 4) is 11.5 Å². The highest BCUT2D eigenvalue weighted by atomic mass is 16.5. The van der Waals surface area contributed by atoms with Crippen molar-refractivity contribution in [2.75, 3.05) is 45.8 Å². The number of nitrogens with zero attached hydrogens (tertiary/aromatic N) is 1. The first-order chi connectivity index (χ1) is 12.3. The molecule has 2 N–H and O–H groups in total. The fourth-order valence-corrected chi connectivity index (χ4v) is 3.76. The quantitative estimate of drug-likeness (QED) is 0.887. The Morgan fingerprint density at radius 2 is 2.04 bits per heavy atom. The zero-order valence-electron chi connectivity index (χ0n) is 14.9. The van der Waals surface area contributed by atoms with Gasteiger partial charge in [-0.05, 0) is 30.9 Å². The third-order valence-electron chi connectivity index (χ3n) is 5.00. The molecule has 6 heteroatoms. The Balaban J connectivity index is 1.82. The molecule has 1 aromatic heterocycles. The Kier molecular flexibility index (Phi) is 4.63. The number of aryl methyl sites for hydroxylation is 1. The molecule has 0 bridgehead atoms. The molecular formula is C19H25N3O3. The van der Waals surface area contributed by atoms with Crippen molar-refractivity contribution in [3.05, 3.63) is 23.4 Å². The lowest BCUT2D eigenvalue weighted by Crippen LogP contribution is -2.34. The van der Waals surface area contributed by atoms with Gasteiger partial charge in [0, 0.05) is 35.9 Å². The van der Waals surface area contributed by atoms with Gasteiger partial charge >= 0.3 is 0 Å². The van der Waals surface area contributed by atoms with E-state index in [0.717, 1.165) is 55.6 Å². The topological polar surface area (TPSA) is 64.6 Å². The van der Waals surface area contributed by atoms with E-state index in [1.807, 2.05) is 12.1 Å². The van der Waals surface area contributed by atoms with Crippen LogP contribution in [-0.2, 0) is 17.6 Å². The van der Waals surface area contributed by atoms with Gasteiger partial charge in [0.25, 0.3) is 0 Å². The summed E-state index contributed by atoms with van der Waals surface area (Å²) >= 11 is 0. The highest BCUT2D eigenvalue weighted by Crippen LogP contribution is 2.39. The summed E-state index contributed by atoms with van der Waals surface area (Å²) in [5.74, 6) is 1.44. The molecule has 2 aliphatic rings. The second-order valence-electron chi connectivity index (χ2n) is 6.61. The first-order valence-corrected chi connectivity index (χ1v) is 8.92. The number of aromatic nitrogens is 1. The van der Waals surface area contributed by atoms with Crippen LogP contribution in [0.1, 0.15) is 17.7 Å². The van der Waals surface area contributed by atoms with Crippen molar-refractivity contribution in [1.82, 2.24) is 10.3 Å². The number of benzene rings is 1. The van der Waals surface area contributed by atoms with E-state index in [1.165, 1.54) is 16.9 Å². The molecule has 0 unspecified atom stereocenters. The van der Waals surface area contributed by atoms with E-state index in [2.05, 4.69) is 10.6 Å². The van der Waals surface area contributed by atoms with Gasteiger partial charge in [-0.25, -0.2) is 0 Å². The monoisotopic (exact) mass is 343 g/mol. The van der Waals surface area contributed by atoms with Gasteiger partial charge in [0.2, 0.25) is 0 Å². The van der Waals surface area contributed by atoms with Crippen LogP contribution in [0, 0.1) is 0 Å². The Morgan fingerprint density at radius 1 is 1.20 bits per heavy atom. The maximum absolute atomic E-state index is 5.71. The number of hydrogen-bond donors (Lipinski definition) is 2. The molecule has 0 radical (unpaired) electrons. The number of methoxy groups -OCH3 is 2. The average molecular weight is 343 g/mol. The number of fused-ring (bicyclic) bond motifs is 2. The van der Waals surface area contributed by atoms with Crippen molar-refractivity contribution in [3.63, 3.8) is 0 Å². The summed E-state index contributed by atoms with van der Waals surface area (Å²) in [6.07, 6.45) is 3.25. The molecule has 0 amide bonds. The van der Waals surface area contributed by atoms with Gasteiger partial charge < -0.3 is 24.8 Å². The first-order valence-electron chi connectivity index (χ1n) is 8.92. The molecule has 6 nitrogen and oxygen atoms in total. The second-order valence-corrected chi connectivity index (χ2v) is 6.61. The Bertz CT molecular complexity index is 770. The largest absolute Gasteiger partial charge is 0.493 e. The number of ether oxygens (including phenoxy) is 3. The van der Waals surface area contributed by atoms with Crippen LogP contribution >= 0.6 is 0 Å². The normalized spacial score (nSPS) is 20.2. The number of pyridine rings is 1. The third kappa shape index (κ3) is 3.12. The molecule has 1 saturated heterocycles. The van der Waals surface area contributed by atoms with Crippen LogP contribution in [0.3, 0.4) is 0 Å². The Labute approximate surface area is 147 Å². The molecule has 0 saturated carbocycles. The average Bonchev–Trinajstić information content (AvgIpc) is 2.95. The van der Waals surface area contributed by atoms with E-state index in [1.54, 1.807) is 14.2 Å². The molecule has 1 atom stereocenters. The number of nitrogens with one attached hydrogen (secondary N) is 2. The maximum atomic E-state index is 5.71. The van der Waals surface area contributed by atoms with Crippen LogP contribution in [0.2, 0.25) is 0 Å². The number of rotatable bonds is 4. The minimum absolute atomic E-state index is 0.242. The lowest BCUT2D eigenvalue weighted by Gasteiger charge is -2.22. The second kappa shape index (κ2) is 7.06. The van der Waals surface area contributed by atoms with E-state index in [-0.39, 0.29) is 6.04 Å². The highest BCUT2D eigenvalue weighted by molar-refractivity contribution is 5.96. The zero-order chi connectivity index (χ0) is 17.2. The van der Waals surface area contributed by atoms with Crippen molar-refractivity contribution < 1.29 is 14.2 Å². The third-order valence-corrected chi connectivity index (χ3v) is 5.00. The van der Waals surface area contributed by atoms with Crippen LogP contribution in [0.25, 0.3) is 10.9 Å². The molecule has 1 aliphatic heterocycles. The van der Waals surface area contributed by atoms with Crippen LogP contribution < -0.4 is 20.1 Å². The van der Waals surface area contributed by atoms with Crippen LogP contribution in [0.5, 0.6) is 11.5 Å². The molecule has 1 aromatic carbocycles. The summed E-state index contributed by atoms with van der Waals surface area (Å²) in [5.41, 5.74) is 4.66. The van der Waals surface area contributed by atoms with Crippen molar-refractivity contribution in [2.45, 2.75) is 25.3 Å². The number of hydrogen-bond acceptors (Lipinski definition) is 6. The van der Waals surface area contributed by atoms with Gasteiger partial charge in [-0.3, -0.25) is 4.98 Å². The molecule has 134 valence electrons. The minimum atomic E-state index is 0.242. The van der Waals surface area contributed by atoms with Gasteiger partial charge in [0.05, 0.1) is 39.0 Å². The molecule has 2 aromatic rings. The Morgan fingerprint density at radius 3 is 2.88 bits per heavy atom.